The van der Waals surface area contributed by atoms with Gasteiger partial charge in [-0.05, 0) is 25.1 Å². The lowest BCUT2D eigenvalue weighted by atomic mass is 10.2. The molecule has 0 aliphatic carbocycles. The van der Waals surface area contributed by atoms with Crippen LogP contribution in [-0.2, 0) is 4.79 Å². The Morgan fingerprint density at radius 2 is 2.21 bits per heavy atom. The SMILES string of the molecule is CCN(CC(=O)O)C(=O)Nc1ccc(F)cc1C#N. The maximum Gasteiger partial charge on any atom is 0.323 e. The summed E-state index contributed by atoms with van der Waals surface area (Å²) in [7, 11) is 0. The van der Waals surface area contributed by atoms with E-state index < -0.39 is 24.4 Å². The predicted molar refractivity (Wildman–Crippen MR) is 65.0 cm³/mol. The number of aliphatic carboxylic acids is 1. The van der Waals surface area contributed by atoms with E-state index in [0.29, 0.717) is 0 Å². The van der Waals surface area contributed by atoms with Crippen LogP contribution in [0.4, 0.5) is 14.9 Å². The Bertz CT molecular complexity index is 540. The first-order chi connectivity index (χ1) is 8.97. The summed E-state index contributed by atoms with van der Waals surface area (Å²) < 4.78 is 12.9. The summed E-state index contributed by atoms with van der Waals surface area (Å²) in [4.78, 5) is 23.4. The number of amides is 2. The van der Waals surface area contributed by atoms with Gasteiger partial charge in [0.2, 0.25) is 0 Å². The second-order valence-electron chi connectivity index (χ2n) is 3.64. The third-order valence-electron chi connectivity index (χ3n) is 2.34. The van der Waals surface area contributed by atoms with E-state index in [1.54, 1.807) is 13.0 Å². The van der Waals surface area contributed by atoms with Gasteiger partial charge in [-0.1, -0.05) is 0 Å². The van der Waals surface area contributed by atoms with Crippen molar-refractivity contribution in [1.82, 2.24) is 4.90 Å². The summed E-state index contributed by atoms with van der Waals surface area (Å²) in [5.41, 5.74) is 0.109. The fraction of sp³-hybridized carbons (Fsp3) is 0.250. The molecule has 0 saturated heterocycles. The molecular weight excluding hydrogens is 253 g/mol. The van der Waals surface area contributed by atoms with Crippen molar-refractivity contribution in [1.29, 1.82) is 5.26 Å². The van der Waals surface area contributed by atoms with Gasteiger partial charge in [0.15, 0.2) is 0 Å². The molecule has 6 nitrogen and oxygen atoms in total. The highest BCUT2D eigenvalue weighted by atomic mass is 19.1. The van der Waals surface area contributed by atoms with Gasteiger partial charge in [-0.25, -0.2) is 9.18 Å². The van der Waals surface area contributed by atoms with E-state index in [1.807, 2.05) is 0 Å². The standard InChI is InChI=1S/C12H12FN3O3/c1-2-16(7-11(17)18)12(19)15-10-4-3-9(13)5-8(10)6-14/h3-5H,2,7H2,1H3,(H,15,19)(H,17,18). The molecule has 0 fully saturated rings. The molecule has 1 aromatic carbocycles. The molecule has 19 heavy (non-hydrogen) atoms. The number of carboxylic acids is 1. The van der Waals surface area contributed by atoms with Gasteiger partial charge in [0.05, 0.1) is 11.3 Å². The minimum atomic E-state index is -1.14. The number of halogens is 1. The van der Waals surface area contributed by atoms with E-state index in [1.165, 1.54) is 6.07 Å². The molecular formula is C12H12FN3O3. The quantitative estimate of drug-likeness (QED) is 0.865. The molecule has 0 aliphatic heterocycles. The summed E-state index contributed by atoms with van der Waals surface area (Å²) in [6, 6.07) is 4.43. The molecule has 100 valence electrons. The molecule has 1 aromatic rings. The van der Waals surface area contributed by atoms with Crippen LogP contribution in [0.2, 0.25) is 0 Å². The third kappa shape index (κ3) is 3.96. The number of nitrogens with one attached hydrogen (secondary N) is 1. The molecule has 0 aromatic heterocycles. The minimum absolute atomic E-state index is 0.0280. The number of rotatable bonds is 4. The number of hydrogen-bond acceptors (Lipinski definition) is 3. The number of carbonyl (C=O) groups is 2. The lowest BCUT2D eigenvalue weighted by Gasteiger charge is -2.19. The predicted octanol–water partition coefficient (Wildman–Crippen LogP) is 1.64. The van der Waals surface area contributed by atoms with Gasteiger partial charge in [0, 0.05) is 6.54 Å². The summed E-state index contributed by atoms with van der Waals surface area (Å²) in [5, 5.41) is 19.8. The lowest BCUT2D eigenvalue weighted by Crippen LogP contribution is -2.38. The summed E-state index contributed by atoms with van der Waals surface area (Å²) in [5.74, 6) is -1.73. The van der Waals surface area contributed by atoms with E-state index in [2.05, 4.69) is 5.32 Å². The maximum atomic E-state index is 12.9. The highest BCUT2D eigenvalue weighted by molar-refractivity contribution is 5.92. The van der Waals surface area contributed by atoms with Crippen LogP contribution < -0.4 is 5.32 Å². The molecule has 0 spiro atoms. The number of nitriles is 1. The van der Waals surface area contributed by atoms with Gasteiger partial charge in [-0.15, -0.1) is 0 Å². The van der Waals surface area contributed by atoms with Crippen LogP contribution in [0.25, 0.3) is 0 Å². The zero-order chi connectivity index (χ0) is 14.4. The number of hydrogen-bond donors (Lipinski definition) is 2. The van der Waals surface area contributed by atoms with E-state index in [0.717, 1.165) is 17.0 Å². The van der Waals surface area contributed by atoms with Crippen LogP contribution in [0.3, 0.4) is 0 Å². The zero-order valence-corrected chi connectivity index (χ0v) is 10.2. The molecule has 0 aliphatic rings. The lowest BCUT2D eigenvalue weighted by molar-refractivity contribution is -0.137. The van der Waals surface area contributed by atoms with Crippen LogP contribution in [0.1, 0.15) is 12.5 Å². The van der Waals surface area contributed by atoms with Crippen LogP contribution in [-0.4, -0.2) is 35.1 Å². The van der Waals surface area contributed by atoms with Crippen molar-refractivity contribution in [3.05, 3.63) is 29.6 Å². The Morgan fingerprint density at radius 1 is 1.53 bits per heavy atom. The van der Waals surface area contributed by atoms with Crippen LogP contribution in [0.15, 0.2) is 18.2 Å². The van der Waals surface area contributed by atoms with Crippen molar-refractivity contribution in [2.45, 2.75) is 6.92 Å². The Labute approximate surface area is 109 Å². The van der Waals surface area contributed by atoms with Gasteiger partial charge in [-0.3, -0.25) is 4.79 Å². The number of carboxylic acid groups (broad SMARTS) is 1. The van der Waals surface area contributed by atoms with Crippen molar-refractivity contribution in [3.63, 3.8) is 0 Å². The van der Waals surface area contributed by atoms with Gasteiger partial charge in [0.1, 0.15) is 18.4 Å². The average Bonchev–Trinajstić information content (AvgIpc) is 2.37. The highest BCUT2D eigenvalue weighted by Crippen LogP contribution is 2.16. The van der Waals surface area contributed by atoms with Crippen molar-refractivity contribution in [2.75, 3.05) is 18.4 Å². The molecule has 0 bridgehead atoms. The summed E-state index contributed by atoms with van der Waals surface area (Å²) >= 11 is 0. The molecule has 0 saturated carbocycles. The molecule has 2 N–H and O–H groups in total. The smallest absolute Gasteiger partial charge is 0.323 e. The molecule has 1 rings (SSSR count). The Hall–Kier alpha value is -2.62. The molecule has 0 atom stereocenters. The normalized spacial score (nSPS) is 9.53. The number of carbonyl (C=O) groups excluding carboxylic acids is 1. The van der Waals surface area contributed by atoms with Gasteiger partial charge in [0.25, 0.3) is 0 Å². The van der Waals surface area contributed by atoms with E-state index in [4.69, 9.17) is 10.4 Å². The first-order valence-electron chi connectivity index (χ1n) is 5.45. The first-order valence-corrected chi connectivity index (χ1v) is 5.45. The highest BCUT2D eigenvalue weighted by Gasteiger charge is 2.16. The van der Waals surface area contributed by atoms with E-state index in [-0.39, 0.29) is 17.8 Å². The van der Waals surface area contributed by atoms with Crippen LogP contribution in [0.5, 0.6) is 0 Å². The zero-order valence-electron chi connectivity index (χ0n) is 10.2. The van der Waals surface area contributed by atoms with Crippen molar-refractivity contribution >= 4 is 17.7 Å². The van der Waals surface area contributed by atoms with Crippen LogP contribution in [0, 0.1) is 17.1 Å². The maximum absolute atomic E-state index is 12.9. The number of urea groups is 1. The molecule has 0 heterocycles. The Kier molecular flexibility index (Phi) is 4.83. The van der Waals surface area contributed by atoms with Crippen molar-refractivity contribution in [3.8, 4) is 6.07 Å². The number of likely N-dealkylation sites (N-methyl/N-ethyl adjacent to an activating group) is 1. The first kappa shape index (κ1) is 14.4. The Balaban J connectivity index is 2.87. The number of nitrogens with zero attached hydrogens (tertiary/aromatic N) is 2. The summed E-state index contributed by atoms with van der Waals surface area (Å²) in [6.45, 7) is 1.37. The molecule has 0 radical (unpaired) electrons. The molecule has 7 heteroatoms. The third-order valence-corrected chi connectivity index (χ3v) is 2.34. The molecule has 0 unspecified atom stereocenters. The number of benzene rings is 1. The van der Waals surface area contributed by atoms with Gasteiger partial charge in [-0.2, -0.15) is 5.26 Å². The topological polar surface area (TPSA) is 93.4 Å². The fourth-order valence-corrected chi connectivity index (χ4v) is 1.40. The average molecular weight is 265 g/mol. The fourth-order valence-electron chi connectivity index (χ4n) is 1.40. The number of anilines is 1. The van der Waals surface area contributed by atoms with E-state index >= 15 is 0 Å². The van der Waals surface area contributed by atoms with E-state index in [9.17, 15) is 14.0 Å². The minimum Gasteiger partial charge on any atom is -0.480 e. The largest absolute Gasteiger partial charge is 0.480 e. The van der Waals surface area contributed by atoms with Crippen molar-refractivity contribution < 1.29 is 19.1 Å². The van der Waals surface area contributed by atoms with Gasteiger partial charge < -0.3 is 15.3 Å². The summed E-state index contributed by atoms with van der Waals surface area (Å²) in [6.07, 6.45) is 0. The molecule has 2 amide bonds. The Morgan fingerprint density at radius 3 is 2.74 bits per heavy atom. The monoisotopic (exact) mass is 265 g/mol. The van der Waals surface area contributed by atoms with Gasteiger partial charge >= 0.3 is 12.0 Å². The second-order valence-corrected chi connectivity index (χ2v) is 3.64. The van der Waals surface area contributed by atoms with Crippen LogP contribution >= 0.6 is 0 Å². The van der Waals surface area contributed by atoms with Crippen molar-refractivity contribution in [2.24, 2.45) is 0 Å². The second kappa shape index (κ2) is 6.35.